The van der Waals surface area contributed by atoms with Crippen molar-refractivity contribution in [1.82, 2.24) is 9.62 Å². The maximum absolute atomic E-state index is 15.6. The van der Waals surface area contributed by atoms with Crippen LogP contribution in [0.4, 0.5) is 22.0 Å². The van der Waals surface area contributed by atoms with Gasteiger partial charge in [-0.05, 0) is 17.5 Å². The number of carbonyl (C=O) groups excluding carboxylic acids is 1. The average molecular weight is 519 g/mol. The summed E-state index contributed by atoms with van der Waals surface area (Å²) in [5, 5.41) is 9.63. The van der Waals surface area contributed by atoms with Gasteiger partial charge in [0, 0.05) is 24.4 Å². The van der Waals surface area contributed by atoms with Gasteiger partial charge in [-0.2, -0.15) is 13.2 Å². The Morgan fingerprint density at radius 2 is 1.80 bits per heavy atom. The maximum atomic E-state index is 15.6. The fourth-order valence-electron chi connectivity index (χ4n) is 5.01. The fourth-order valence-corrected chi connectivity index (χ4v) is 5.84. The number of benzene rings is 2. The van der Waals surface area contributed by atoms with Crippen molar-refractivity contribution in [2.75, 3.05) is 6.26 Å². The molecule has 2 N–H and O–H groups in total. The third-order valence-corrected chi connectivity index (χ3v) is 7.26. The number of aliphatic hydroxyl groups excluding tert-OH is 1. The second-order valence-corrected chi connectivity index (χ2v) is 10.9. The van der Waals surface area contributed by atoms with E-state index in [-0.39, 0.29) is 11.1 Å². The smallest absolute Gasteiger partial charge is 0.376 e. The number of amides is 1. The van der Waals surface area contributed by atoms with Crippen LogP contribution in [0.25, 0.3) is 11.1 Å². The number of aliphatic hydroxyl groups is 1. The van der Waals surface area contributed by atoms with Gasteiger partial charge in [-0.1, -0.05) is 48.5 Å². The number of hydrogen-bond donors (Lipinski definition) is 2. The molecule has 5 rings (SSSR count). The first-order chi connectivity index (χ1) is 16.2. The molecule has 2 aliphatic heterocycles. The zero-order valence-electron chi connectivity index (χ0n) is 18.5. The predicted octanol–water partition coefficient (Wildman–Crippen LogP) is 2.96. The van der Waals surface area contributed by atoms with Gasteiger partial charge in [0.15, 0.2) is 0 Å². The Hall–Kier alpha value is -2.57. The summed E-state index contributed by atoms with van der Waals surface area (Å²) < 4.78 is 96.6. The lowest BCUT2D eigenvalue weighted by atomic mass is 9.64. The lowest BCUT2D eigenvalue weighted by Crippen LogP contribution is -2.78. The first kappa shape index (κ1) is 25.5. The van der Waals surface area contributed by atoms with Crippen LogP contribution in [-0.4, -0.2) is 66.7 Å². The number of sulfonamides is 1. The largest absolute Gasteiger partial charge is 0.423 e. The van der Waals surface area contributed by atoms with Gasteiger partial charge in [-0.15, -0.1) is 0 Å². The van der Waals surface area contributed by atoms with Crippen LogP contribution in [0.5, 0.6) is 0 Å². The number of rotatable bonds is 6. The number of nitrogens with zero attached hydrogens (tertiary/aromatic N) is 1. The second kappa shape index (κ2) is 8.82. The Morgan fingerprint density at radius 1 is 1.17 bits per heavy atom. The molecule has 0 aromatic heterocycles. The Kier molecular flexibility index (Phi) is 6.43. The maximum Gasteiger partial charge on any atom is 0.423 e. The molecule has 2 saturated heterocycles. The minimum Gasteiger partial charge on any atom is -0.376 e. The SMILES string of the molecule is CS(=O)(=O)N[C@@H]1[C@H](Cc2cccc(-c3ccccc3)c2F)N(C(=O)[C@H](O)C(F)(F)F)C2CC1(F)C2. The molecule has 35 heavy (non-hydrogen) atoms. The molecule has 3 aliphatic rings. The van der Waals surface area contributed by atoms with Gasteiger partial charge in [0.05, 0.1) is 18.3 Å². The Labute approximate surface area is 198 Å². The van der Waals surface area contributed by atoms with Crippen molar-refractivity contribution in [1.29, 1.82) is 0 Å². The van der Waals surface area contributed by atoms with E-state index in [9.17, 15) is 31.5 Å². The van der Waals surface area contributed by atoms with Crippen LogP contribution in [0.2, 0.25) is 0 Å². The molecule has 1 amide bonds. The van der Waals surface area contributed by atoms with Crippen molar-refractivity contribution in [3.05, 3.63) is 59.9 Å². The summed E-state index contributed by atoms with van der Waals surface area (Å²) in [5.74, 6) is -2.46. The van der Waals surface area contributed by atoms with E-state index in [1.54, 1.807) is 30.3 Å². The summed E-state index contributed by atoms with van der Waals surface area (Å²) in [6.07, 6.45) is -9.19. The van der Waals surface area contributed by atoms with Gasteiger partial charge in [-0.25, -0.2) is 21.9 Å². The molecule has 3 fully saturated rings. The molecule has 12 heteroatoms. The number of halogens is 5. The summed E-state index contributed by atoms with van der Waals surface area (Å²) in [6, 6.07) is 8.62. The van der Waals surface area contributed by atoms with Gasteiger partial charge in [0.25, 0.3) is 5.91 Å². The van der Waals surface area contributed by atoms with E-state index >= 15 is 8.78 Å². The van der Waals surface area contributed by atoms with Crippen molar-refractivity contribution in [2.45, 2.75) is 55.3 Å². The zero-order chi connectivity index (χ0) is 25.8. The molecule has 2 heterocycles. The van der Waals surface area contributed by atoms with Crippen LogP contribution < -0.4 is 4.72 Å². The van der Waals surface area contributed by atoms with Crippen LogP contribution in [0.15, 0.2) is 48.5 Å². The summed E-state index contributed by atoms with van der Waals surface area (Å²) in [6.45, 7) is 0. The predicted molar refractivity (Wildman–Crippen MR) is 117 cm³/mol. The molecule has 1 aliphatic carbocycles. The summed E-state index contributed by atoms with van der Waals surface area (Å²) in [4.78, 5) is 13.4. The highest BCUT2D eigenvalue weighted by Gasteiger charge is 2.65. The molecule has 2 aromatic rings. The monoisotopic (exact) mass is 518 g/mol. The summed E-state index contributed by atoms with van der Waals surface area (Å²) >= 11 is 0. The van der Waals surface area contributed by atoms with E-state index < -0.39 is 77.1 Å². The summed E-state index contributed by atoms with van der Waals surface area (Å²) in [5.41, 5.74) is -1.47. The molecule has 190 valence electrons. The number of fused-ring (bicyclic) bond motifs is 2. The minimum atomic E-state index is -5.28. The van der Waals surface area contributed by atoms with E-state index in [0.29, 0.717) is 10.5 Å². The number of nitrogens with one attached hydrogen (secondary N) is 1. The normalized spacial score (nSPS) is 27.3. The van der Waals surface area contributed by atoms with Gasteiger partial charge in [0.2, 0.25) is 16.1 Å². The van der Waals surface area contributed by atoms with Gasteiger partial charge >= 0.3 is 6.18 Å². The van der Waals surface area contributed by atoms with Gasteiger partial charge in [0.1, 0.15) is 11.5 Å². The molecule has 0 spiro atoms. The molecular weight excluding hydrogens is 495 g/mol. The number of piperidine rings is 2. The fraction of sp³-hybridized carbons (Fsp3) is 0.435. The Balaban J connectivity index is 1.77. The molecular formula is C23H23F5N2O4S. The van der Waals surface area contributed by atoms with Crippen LogP contribution >= 0.6 is 0 Å². The third kappa shape index (κ3) is 4.91. The van der Waals surface area contributed by atoms with Crippen molar-refractivity contribution in [2.24, 2.45) is 0 Å². The highest BCUT2D eigenvalue weighted by molar-refractivity contribution is 7.88. The lowest BCUT2D eigenvalue weighted by Gasteiger charge is -2.61. The Morgan fingerprint density at radius 3 is 2.37 bits per heavy atom. The second-order valence-electron chi connectivity index (χ2n) is 9.07. The highest BCUT2D eigenvalue weighted by atomic mass is 32.2. The van der Waals surface area contributed by atoms with Gasteiger partial charge < -0.3 is 10.0 Å². The third-order valence-electron chi connectivity index (χ3n) is 6.57. The van der Waals surface area contributed by atoms with E-state index in [1.165, 1.54) is 18.2 Å². The van der Waals surface area contributed by atoms with Crippen LogP contribution in [-0.2, 0) is 21.2 Å². The molecule has 2 bridgehead atoms. The number of alkyl halides is 4. The standard InChI is InChI=1S/C23H23F5N2O4S/c1-35(33,34)29-19-17(10-14-8-5-9-16(18(14)24)13-6-3-2-4-7-13)30(15-11-22(19,25)12-15)21(32)20(31)23(26,27)28/h2-9,15,17,19-20,29,31H,10-12H2,1H3/t15?,17-,19+,20-,22?/m0/s1. The van der Waals surface area contributed by atoms with Crippen molar-refractivity contribution in [3.63, 3.8) is 0 Å². The van der Waals surface area contributed by atoms with E-state index in [0.717, 1.165) is 6.26 Å². The number of hydrogen-bond acceptors (Lipinski definition) is 4. The number of carbonyl (C=O) groups is 1. The molecule has 3 atom stereocenters. The molecule has 0 unspecified atom stereocenters. The average Bonchev–Trinajstić information content (AvgIpc) is 2.74. The van der Waals surface area contributed by atoms with Gasteiger partial charge in [-0.3, -0.25) is 4.79 Å². The van der Waals surface area contributed by atoms with Crippen LogP contribution in [0.3, 0.4) is 0 Å². The van der Waals surface area contributed by atoms with Crippen LogP contribution in [0.1, 0.15) is 18.4 Å². The van der Waals surface area contributed by atoms with E-state index in [2.05, 4.69) is 4.72 Å². The quantitative estimate of drug-likeness (QED) is 0.576. The van der Waals surface area contributed by atoms with Crippen molar-refractivity contribution < 1.29 is 40.3 Å². The molecule has 1 saturated carbocycles. The lowest BCUT2D eigenvalue weighted by molar-refractivity contribution is -0.222. The van der Waals surface area contributed by atoms with Crippen molar-refractivity contribution >= 4 is 15.9 Å². The molecule has 2 aromatic carbocycles. The topological polar surface area (TPSA) is 86.7 Å². The Bertz CT molecular complexity index is 1220. The molecule has 6 nitrogen and oxygen atoms in total. The van der Waals surface area contributed by atoms with Crippen molar-refractivity contribution in [3.8, 4) is 11.1 Å². The highest BCUT2D eigenvalue weighted by Crippen LogP contribution is 2.50. The minimum absolute atomic E-state index is 0.0409. The van der Waals surface area contributed by atoms with E-state index in [1.807, 2.05) is 0 Å². The molecule has 0 radical (unpaired) electrons. The summed E-state index contributed by atoms with van der Waals surface area (Å²) in [7, 11) is -4.06. The zero-order valence-corrected chi connectivity index (χ0v) is 19.3. The first-order valence-electron chi connectivity index (χ1n) is 10.8. The van der Waals surface area contributed by atoms with Crippen LogP contribution in [0, 0.1) is 5.82 Å². The van der Waals surface area contributed by atoms with E-state index in [4.69, 9.17) is 0 Å². The first-order valence-corrected chi connectivity index (χ1v) is 12.7.